The predicted octanol–water partition coefficient (Wildman–Crippen LogP) is 1.44. The first kappa shape index (κ1) is 13.7. The summed E-state index contributed by atoms with van der Waals surface area (Å²) < 4.78 is 0. The van der Waals surface area contributed by atoms with Crippen LogP contribution in [0.25, 0.3) is 0 Å². The number of halogens is 1. The Morgan fingerprint density at radius 1 is 1.53 bits per heavy atom. The Balaban J connectivity index is 2.65. The van der Waals surface area contributed by atoms with Gasteiger partial charge in [-0.3, -0.25) is 4.79 Å². The largest absolute Gasteiger partial charge is 0.394 e. The first-order valence-electron chi connectivity index (χ1n) is 5.18. The van der Waals surface area contributed by atoms with E-state index in [1.54, 1.807) is 12.1 Å². The van der Waals surface area contributed by atoms with Crippen molar-refractivity contribution in [3.05, 3.63) is 18.3 Å². The van der Waals surface area contributed by atoms with Crippen LogP contribution in [0.2, 0.25) is 0 Å². The van der Waals surface area contributed by atoms with Gasteiger partial charge in [0.05, 0.1) is 24.0 Å². The average Bonchev–Trinajstić information content (AvgIpc) is 2.31. The normalized spacial score (nSPS) is 11.1. The number of rotatable bonds is 5. The van der Waals surface area contributed by atoms with Crippen LogP contribution in [0.1, 0.15) is 13.8 Å². The van der Waals surface area contributed by atoms with Gasteiger partial charge >= 0.3 is 0 Å². The Kier molecular flexibility index (Phi) is 4.72. The second kappa shape index (κ2) is 5.84. The number of carbonyl (C=O) groups is 1. The van der Waals surface area contributed by atoms with Crippen LogP contribution in [0, 0.1) is 0 Å². The first-order valence-corrected chi connectivity index (χ1v) is 5.71. The molecule has 0 aromatic carbocycles. The molecular weight excluding hydrogens is 242 g/mol. The smallest absolute Gasteiger partial charge is 0.239 e. The lowest BCUT2D eigenvalue weighted by Gasteiger charge is -2.24. The van der Waals surface area contributed by atoms with E-state index in [4.69, 9.17) is 16.7 Å². The fourth-order valence-electron chi connectivity index (χ4n) is 1.12. The molecule has 0 spiro atoms. The van der Waals surface area contributed by atoms with Crippen LogP contribution >= 0.6 is 11.6 Å². The van der Waals surface area contributed by atoms with Crippen molar-refractivity contribution in [1.29, 1.82) is 0 Å². The van der Waals surface area contributed by atoms with Gasteiger partial charge in [-0.05, 0) is 26.0 Å². The van der Waals surface area contributed by atoms with Crippen molar-refractivity contribution < 1.29 is 9.90 Å². The molecule has 1 amide bonds. The van der Waals surface area contributed by atoms with Crippen molar-refractivity contribution >= 4 is 29.0 Å². The molecule has 1 aromatic heterocycles. The lowest BCUT2D eigenvalue weighted by atomic mass is 10.1. The molecule has 0 atom stereocenters. The molecule has 0 bridgehead atoms. The van der Waals surface area contributed by atoms with Crippen LogP contribution in [0.4, 0.5) is 11.5 Å². The summed E-state index contributed by atoms with van der Waals surface area (Å²) in [5.74, 6) is 0.273. The number of hydrogen-bond donors (Lipinski definition) is 3. The Morgan fingerprint density at radius 3 is 2.71 bits per heavy atom. The van der Waals surface area contributed by atoms with Gasteiger partial charge < -0.3 is 15.7 Å². The molecule has 17 heavy (non-hydrogen) atoms. The third kappa shape index (κ3) is 4.58. The van der Waals surface area contributed by atoms with E-state index in [0.29, 0.717) is 11.5 Å². The molecule has 0 saturated heterocycles. The maximum Gasteiger partial charge on any atom is 0.239 e. The summed E-state index contributed by atoms with van der Waals surface area (Å²) >= 11 is 5.37. The van der Waals surface area contributed by atoms with E-state index in [2.05, 4.69) is 15.6 Å². The van der Waals surface area contributed by atoms with E-state index in [1.165, 1.54) is 6.20 Å². The van der Waals surface area contributed by atoms with E-state index >= 15 is 0 Å². The summed E-state index contributed by atoms with van der Waals surface area (Å²) in [5.41, 5.74) is 0.150. The molecule has 0 radical (unpaired) electrons. The third-order valence-electron chi connectivity index (χ3n) is 2.03. The molecule has 5 nitrogen and oxygen atoms in total. The summed E-state index contributed by atoms with van der Waals surface area (Å²) in [6.07, 6.45) is 1.53. The first-order chi connectivity index (χ1) is 7.96. The number of hydrogen-bond acceptors (Lipinski definition) is 4. The van der Waals surface area contributed by atoms with Crippen LogP contribution in [-0.4, -0.2) is 34.0 Å². The highest BCUT2D eigenvalue weighted by atomic mass is 35.5. The summed E-state index contributed by atoms with van der Waals surface area (Å²) in [6, 6.07) is 3.44. The van der Waals surface area contributed by atoms with Crippen molar-refractivity contribution in [1.82, 2.24) is 4.98 Å². The second-order valence-electron chi connectivity index (χ2n) is 4.28. The number of aliphatic hydroxyl groups is 1. The van der Waals surface area contributed by atoms with E-state index in [1.807, 2.05) is 13.8 Å². The van der Waals surface area contributed by atoms with Crippen molar-refractivity contribution in [2.24, 2.45) is 0 Å². The number of nitrogens with zero attached hydrogens (tertiary/aromatic N) is 1. The highest BCUT2D eigenvalue weighted by Crippen LogP contribution is 2.14. The molecular formula is C11H16ClN3O2. The molecule has 1 heterocycles. The molecule has 0 aliphatic rings. The highest BCUT2D eigenvalue weighted by molar-refractivity contribution is 6.29. The van der Waals surface area contributed by atoms with Crippen molar-refractivity contribution in [2.75, 3.05) is 23.1 Å². The zero-order valence-electron chi connectivity index (χ0n) is 9.83. The summed E-state index contributed by atoms with van der Waals surface area (Å²) in [7, 11) is 0. The number of anilines is 2. The number of aromatic nitrogens is 1. The van der Waals surface area contributed by atoms with E-state index in [-0.39, 0.29) is 18.4 Å². The van der Waals surface area contributed by atoms with Gasteiger partial charge in [-0.1, -0.05) is 0 Å². The van der Waals surface area contributed by atoms with Gasteiger partial charge in [-0.25, -0.2) is 4.98 Å². The lowest BCUT2D eigenvalue weighted by molar-refractivity contribution is -0.113. The minimum Gasteiger partial charge on any atom is -0.394 e. The van der Waals surface area contributed by atoms with Crippen LogP contribution in [0.3, 0.4) is 0 Å². The van der Waals surface area contributed by atoms with Crippen LogP contribution in [-0.2, 0) is 4.79 Å². The summed E-state index contributed by atoms with van der Waals surface area (Å²) in [5, 5.41) is 14.7. The molecule has 94 valence electrons. The fourth-order valence-corrected chi connectivity index (χ4v) is 1.19. The lowest BCUT2D eigenvalue weighted by Crippen LogP contribution is -2.35. The second-order valence-corrected chi connectivity index (χ2v) is 4.55. The van der Waals surface area contributed by atoms with Gasteiger partial charge in [0.25, 0.3) is 0 Å². The zero-order chi connectivity index (χ0) is 12.9. The number of alkyl halides is 1. The molecule has 0 aliphatic heterocycles. The third-order valence-corrected chi connectivity index (χ3v) is 2.27. The number of amides is 1. The molecule has 0 unspecified atom stereocenters. The minimum atomic E-state index is -0.437. The number of aliphatic hydroxyl groups excluding tert-OH is 1. The predicted molar refractivity (Wildman–Crippen MR) is 68.4 cm³/mol. The van der Waals surface area contributed by atoms with Crippen molar-refractivity contribution in [3.63, 3.8) is 0 Å². The molecule has 0 saturated carbocycles. The topological polar surface area (TPSA) is 74.2 Å². The molecule has 1 rings (SSSR count). The van der Waals surface area contributed by atoms with Gasteiger partial charge in [0.1, 0.15) is 11.7 Å². The van der Waals surface area contributed by atoms with Crippen molar-refractivity contribution in [2.45, 2.75) is 19.4 Å². The van der Waals surface area contributed by atoms with E-state index in [0.717, 1.165) is 0 Å². The Bertz CT molecular complexity index is 379. The zero-order valence-corrected chi connectivity index (χ0v) is 10.6. The Hall–Kier alpha value is -1.33. The summed E-state index contributed by atoms with van der Waals surface area (Å²) in [6.45, 7) is 3.72. The van der Waals surface area contributed by atoms with Gasteiger partial charge in [-0.15, -0.1) is 11.6 Å². The van der Waals surface area contributed by atoms with Gasteiger partial charge in [0, 0.05) is 0 Å². The number of nitrogens with one attached hydrogen (secondary N) is 2. The molecule has 6 heteroatoms. The van der Waals surface area contributed by atoms with Crippen LogP contribution in [0.15, 0.2) is 18.3 Å². The number of pyridine rings is 1. The maximum absolute atomic E-state index is 11.0. The van der Waals surface area contributed by atoms with Gasteiger partial charge in [0.15, 0.2) is 0 Å². The highest BCUT2D eigenvalue weighted by Gasteiger charge is 2.15. The Morgan fingerprint density at radius 2 is 2.24 bits per heavy atom. The monoisotopic (exact) mass is 257 g/mol. The summed E-state index contributed by atoms with van der Waals surface area (Å²) in [4.78, 5) is 15.1. The van der Waals surface area contributed by atoms with Crippen LogP contribution < -0.4 is 10.6 Å². The molecule has 0 aliphatic carbocycles. The number of carbonyl (C=O) groups excluding carboxylic acids is 1. The fraction of sp³-hybridized carbons (Fsp3) is 0.455. The molecule has 3 N–H and O–H groups in total. The molecule has 0 fully saturated rings. The quantitative estimate of drug-likeness (QED) is 0.698. The minimum absolute atomic E-state index is 0.000580. The molecule has 1 aromatic rings. The van der Waals surface area contributed by atoms with E-state index < -0.39 is 5.54 Å². The SMILES string of the molecule is CC(C)(CO)Nc1ccc(NC(=O)CCl)cn1. The average molecular weight is 258 g/mol. The standard InChI is InChI=1S/C11H16ClN3O2/c1-11(2,7-16)15-9-4-3-8(6-13-9)14-10(17)5-12/h3-4,6,16H,5,7H2,1-2H3,(H,13,15)(H,14,17). The Labute approximate surface area is 105 Å². The van der Waals surface area contributed by atoms with Crippen LogP contribution in [0.5, 0.6) is 0 Å². The van der Waals surface area contributed by atoms with Gasteiger partial charge in [0.2, 0.25) is 5.91 Å². The van der Waals surface area contributed by atoms with Gasteiger partial charge in [-0.2, -0.15) is 0 Å². The van der Waals surface area contributed by atoms with Crippen molar-refractivity contribution in [3.8, 4) is 0 Å². The maximum atomic E-state index is 11.0. The van der Waals surface area contributed by atoms with E-state index in [9.17, 15) is 4.79 Å².